The maximum absolute atomic E-state index is 12.9. The van der Waals surface area contributed by atoms with Crippen molar-refractivity contribution in [3.8, 4) is 0 Å². The third-order valence-corrected chi connectivity index (χ3v) is 6.18. The van der Waals surface area contributed by atoms with Gasteiger partial charge in [0.15, 0.2) is 5.65 Å². The summed E-state index contributed by atoms with van der Waals surface area (Å²) in [5.41, 5.74) is 2.26. The molecule has 4 heterocycles. The highest BCUT2D eigenvalue weighted by molar-refractivity contribution is 7.09. The highest BCUT2D eigenvalue weighted by atomic mass is 32.1. The predicted octanol–water partition coefficient (Wildman–Crippen LogP) is 3.31. The van der Waals surface area contributed by atoms with E-state index in [1.54, 1.807) is 17.5 Å². The van der Waals surface area contributed by atoms with Crippen LogP contribution in [0.3, 0.4) is 0 Å². The first-order valence-corrected chi connectivity index (χ1v) is 10.8. The average molecular weight is 398 g/mol. The number of likely N-dealkylation sites (tertiary alicyclic amines) is 1. The Hall–Kier alpha value is -2.25. The average Bonchev–Trinajstić information content (AvgIpc) is 3.32. The van der Waals surface area contributed by atoms with Crippen LogP contribution in [0.25, 0.3) is 11.0 Å². The molecule has 1 saturated heterocycles. The van der Waals surface area contributed by atoms with E-state index in [0.29, 0.717) is 18.7 Å². The third-order valence-electron chi connectivity index (χ3n) is 5.32. The lowest BCUT2D eigenvalue weighted by Gasteiger charge is -2.30. The van der Waals surface area contributed by atoms with E-state index < -0.39 is 0 Å². The first kappa shape index (κ1) is 19.1. The van der Waals surface area contributed by atoms with Crippen molar-refractivity contribution in [2.45, 2.75) is 33.2 Å². The molecule has 7 heteroatoms. The molecule has 1 aliphatic rings. The third kappa shape index (κ3) is 4.25. The number of rotatable bonds is 6. The molecule has 1 unspecified atom stereocenters. The van der Waals surface area contributed by atoms with Crippen molar-refractivity contribution in [1.82, 2.24) is 25.0 Å². The highest BCUT2D eigenvalue weighted by Crippen LogP contribution is 2.20. The number of hydrogen-bond donors (Lipinski definition) is 1. The number of carbonyl (C=O) groups is 1. The van der Waals surface area contributed by atoms with Crippen LogP contribution < -0.4 is 5.32 Å². The van der Waals surface area contributed by atoms with Crippen LogP contribution in [0.15, 0.2) is 29.8 Å². The van der Waals surface area contributed by atoms with Crippen LogP contribution in [0, 0.1) is 12.8 Å². The quantitative estimate of drug-likeness (QED) is 0.693. The van der Waals surface area contributed by atoms with Gasteiger partial charge >= 0.3 is 0 Å². The molecule has 1 atom stereocenters. The zero-order chi connectivity index (χ0) is 19.5. The normalized spacial score (nSPS) is 17.9. The number of amides is 1. The Balaban J connectivity index is 1.46. The van der Waals surface area contributed by atoms with E-state index in [1.165, 1.54) is 17.7 Å². The van der Waals surface area contributed by atoms with Crippen molar-refractivity contribution in [3.63, 3.8) is 0 Å². The summed E-state index contributed by atoms with van der Waals surface area (Å²) in [6.45, 7) is 8.73. The molecular weight excluding hydrogens is 370 g/mol. The van der Waals surface area contributed by atoms with Crippen molar-refractivity contribution in [2.75, 3.05) is 26.2 Å². The molecule has 6 nitrogen and oxygen atoms in total. The van der Waals surface area contributed by atoms with Gasteiger partial charge in [0.2, 0.25) is 0 Å². The molecule has 1 amide bonds. The number of carbonyl (C=O) groups excluding carboxylic acids is 1. The topological polar surface area (TPSA) is 63.1 Å². The van der Waals surface area contributed by atoms with Gasteiger partial charge in [-0.1, -0.05) is 13.0 Å². The van der Waals surface area contributed by atoms with Crippen LogP contribution in [0.5, 0.6) is 0 Å². The molecular formula is C21H27N5OS. The number of thiophene rings is 1. The Kier molecular flexibility index (Phi) is 5.73. The van der Waals surface area contributed by atoms with Gasteiger partial charge in [0.25, 0.3) is 5.91 Å². The number of pyridine rings is 1. The molecule has 0 bridgehead atoms. The van der Waals surface area contributed by atoms with Crippen molar-refractivity contribution in [3.05, 3.63) is 45.9 Å². The van der Waals surface area contributed by atoms with E-state index in [-0.39, 0.29) is 5.91 Å². The second-order valence-electron chi connectivity index (χ2n) is 7.73. The summed E-state index contributed by atoms with van der Waals surface area (Å²) >= 11 is 1.70. The van der Waals surface area contributed by atoms with E-state index in [1.807, 2.05) is 23.7 Å². The van der Waals surface area contributed by atoms with Gasteiger partial charge in [-0.3, -0.25) is 4.79 Å². The van der Waals surface area contributed by atoms with Gasteiger partial charge in [0.05, 0.1) is 23.7 Å². The number of piperidine rings is 1. The van der Waals surface area contributed by atoms with Gasteiger partial charge in [-0.25, -0.2) is 9.67 Å². The summed E-state index contributed by atoms with van der Waals surface area (Å²) in [7, 11) is 0. The number of fused-ring (bicyclic) bond motifs is 1. The number of nitrogens with one attached hydrogen (secondary N) is 1. The van der Waals surface area contributed by atoms with Crippen LogP contribution in [0.2, 0.25) is 0 Å². The molecule has 1 fully saturated rings. The van der Waals surface area contributed by atoms with Crippen molar-refractivity contribution >= 4 is 28.3 Å². The summed E-state index contributed by atoms with van der Waals surface area (Å²) in [4.78, 5) is 21.2. The minimum absolute atomic E-state index is 0.0452. The minimum Gasteiger partial charge on any atom is -0.351 e. The number of nitrogens with zero attached hydrogens (tertiary/aromatic N) is 4. The SMILES string of the molecule is Cc1cc(C(=O)NCCN2CCCC(C)C2)c2cnn(Cc3cccs3)c2n1. The lowest BCUT2D eigenvalue weighted by Crippen LogP contribution is -2.40. The Morgan fingerprint density at radius 2 is 2.32 bits per heavy atom. The number of aryl methyl sites for hydroxylation is 1. The standard InChI is InChI=1S/C21H27N5OS/c1-15-5-3-8-25(13-15)9-7-22-21(27)18-11-16(2)24-20-19(18)12-23-26(20)14-17-6-4-10-28-17/h4,6,10-12,15H,3,5,7-9,13-14H2,1-2H3,(H,22,27). The summed E-state index contributed by atoms with van der Waals surface area (Å²) < 4.78 is 1.88. The van der Waals surface area contributed by atoms with E-state index in [0.717, 1.165) is 42.3 Å². The fourth-order valence-electron chi connectivity index (χ4n) is 3.94. The molecule has 0 aliphatic carbocycles. The highest BCUT2D eigenvalue weighted by Gasteiger charge is 2.18. The maximum atomic E-state index is 12.9. The van der Waals surface area contributed by atoms with E-state index >= 15 is 0 Å². The molecule has 3 aromatic rings. The molecule has 0 aromatic carbocycles. The van der Waals surface area contributed by atoms with Gasteiger partial charge in [0, 0.05) is 30.2 Å². The lowest BCUT2D eigenvalue weighted by atomic mass is 10.0. The van der Waals surface area contributed by atoms with Crippen molar-refractivity contribution in [1.29, 1.82) is 0 Å². The molecule has 0 saturated carbocycles. The van der Waals surface area contributed by atoms with Crippen LogP contribution >= 0.6 is 11.3 Å². The van der Waals surface area contributed by atoms with Gasteiger partial charge in [0.1, 0.15) is 0 Å². The first-order chi connectivity index (χ1) is 13.6. The zero-order valence-electron chi connectivity index (χ0n) is 16.5. The number of aromatic nitrogens is 3. The van der Waals surface area contributed by atoms with Crippen LogP contribution in [-0.2, 0) is 6.54 Å². The van der Waals surface area contributed by atoms with E-state index in [4.69, 9.17) is 0 Å². The van der Waals surface area contributed by atoms with Gasteiger partial charge in [-0.15, -0.1) is 11.3 Å². The smallest absolute Gasteiger partial charge is 0.252 e. The Labute approximate surface area is 169 Å². The largest absolute Gasteiger partial charge is 0.351 e. The van der Waals surface area contributed by atoms with Crippen LogP contribution in [-0.4, -0.2) is 51.8 Å². The fraction of sp³-hybridized carbons (Fsp3) is 0.476. The van der Waals surface area contributed by atoms with Gasteiger partial charge < -0.3 is 10.2 Å². The first-order valence-electron chi connectivity index (χ1n) is 9.96. The number of hydrogen-bond acceptors (Lipinski definition) is 5. The zero-order valence-corrected chi connectivity index (χ0v) is 17.3. The molecule has 1 aliphatic heterocycles. The Morgan fingerprint density at radius 3 is 3.11 bits per heavy atom. The van der Waals surface area contributed by atoms with E-state index in [2.05, 4.69) is 38.7 Å². The molecule has 0 radical (unpaired) electrons. The van der Waals surface area contributed by atoms with Gasteiger partial charge in [-0.05, 0) is 49.7 Å². The fourth-order valence-corrected chi connectivity index (χ4v) is 4.62. The second-order valence-corrected chi connectivity index (χ2v) is 8.77. The molecule has 4 rings (SSSR count). The second kappa shape index (κ2) is 8.41. The summed E-state index contributed by atoms with van der Waals surface area (Å²) in [5, 5.41) is 10.4. The molecule has 0 spiro atoms. The molecule has 3 aromatic heterocycles. The lowest BCUT2D eigenvalue weighted by molar-refractivity contribution is 0.0945. The predicted molar refractivity (Wildman–Crippen MR) is 113 cm³/mol. The van der Waals surface area contributed by atoms with Crippen LogP contribution in [0.1, 0.15) is 40.7 Å². The monoisotopic (exact) mass is 397 g/mol. The molecule has 1 N–H and O–H groups in total. The van der Waals surface area contributed by atoms with E-state index in [9.17, 15) is 4.79 Å². The molecule has 28 heavy (non-hydrogen) atoms. The molecule has 148 valence electrons. The summed E-state index contributed by atoms with van der Waals surface area (Å²) in [6, 6.07) is 5.98. The maximum Gasteiger partial charge on any atom is 0.252 e. The Morgan fingerprint density at radius 1 is 1.43 bits per heavy atom. The summed E-state index contributed by atoms with van der Waals surface area (Å²) in [5.74, 6) is 0.706. The minimum atomic E-state index is -0.0452. The van der Waals surface area contributed by atoms with Crippen LogP contribution in [0.4, 0.5) is 0 Å². The van der Waals surface area contributed by atoms with Crippen molar-refractivity contribution < 1.29 is 4.79 Å². The Bertz CT molecular complexity index is 949. The van der Waals surface area contributed by atoms with Gasteiger partial charge in [-0.2, -0.15) is 5.10 Å². The summed E-state index contributed by atoms with van der Waals surface area (Å²) in [6.07, 6.45) is 4.33. The van der Waals surface area contributed by atoms with Crippen molar-refractivity contribution in [2.24, 2.45) is 5.92 Å².